The molecule has 1 saturated heterocycles. The van der Waals surface area contributed by atoms with E-state index in [9.17, 15) is 4.39 Å². The zero-order valence-electron chi connectivity index (χ0n) is 12.2. The summed E-state index contributed by atoms with van der Waals surface area (Å²) in [7, 11) is 1.62. The molecule has 0 amide bonds. The fourth-order valence-electron chi connectivity index (χ4n) is 1.59. The molecule has 1 atom stereocenters. The molecule has 19 heavy (non-hydrogen) atoms. The Morgan fingerprint density at radius 3 is 2.68 bits per heavy atom. The third kappa shape index (κ3) is 5.11. The van der Waals surface area contributed by atoms with E-state index in [1.165, 1.54) is 13.8 Å². The van der Waals surface area contributed by atoms with Crippen LogP contribution in [0.5, 0.6) is 0 Å². The van der Waals surface area contributed by atoms with Gasteiger partial charge >= 0.3 is 0 Å². The molecule has 0 spiro atoms. The molecule has 0 N–H and O–H groups in total. The van der Waals surface area contributed by atoms with Crippen LogP contribution in [0.15, 0.2) is 22.1 Å². The molecule has 1 heterocycles. The van der Waals surface area contributed by atoms with Gasteiger partial charge in [0, 0.05) is 19.2 Å². The minimum atomic E-state index is -1.58. The van der Waals surface area contributed by atoms with Gasteiger partial charge in [-0.25, -0.2) is 4.39 Å². The molecule has 1 fully saturated rings. The Kier molecular flexibility index (Phi) is 5.66. The Balaban J connectivity index is 2.74. The van der Waals surface area contributed by atoms with Gasteiger partial charge in [-0.1, -0.05) is 6.58 Å². The number of nitrogens with zero attached hydrogens (tertiary/aromatic N) is 2. The summed E-state index contributed by atoms with van der Waals surface area (Å²) in [4.78, 5) is 8.10. The lowest BCUT2D eigenvalue weighted by atomic mass is 10.0. The molecule has 4 nitrogen and oxygen atoms in total. The Hall–Kier alpha value is -1.23. The number of hydrogen-bond acceptors (Lipinski definition) is 3. The summed E-state index contributed by atoms with van der Waals surface area (Å²) in [5.74, 6) is 0.721. The Morgan fingerprint density at radius 1 is 1.53 bits per heavy atom. The van der Waals surface area contributed by atoms with Gasteiger partial charge in [-0.2, -0.15) is 4.99 Å². The molecule has 1 aliphatic heterocycles. The summed E-state index contributed by atoms with van der Waals surface area (Å²) in [6, 6.07) is 0. The highest BCUT2D eigenvalue weighted by atomic mass is 19.1. The SMILES string of the molecule is C=C(C(=NC(C)=NC)OCC1CCCO1)C(C)(C)F. The van der Waals surface area contributed by atoms with Crippen LogP contribution in [-0.4, -0.2) is 43.8 Å². The van der Waals surface area contributed by atoms with E-state index in [4.69, 9.17) is 9.47 Å². The quantitative estimate of drug-likeness (QED) is 0.582. The predicted molar refractivity (Wildman–Crippen MR) is 75.7 cm³/mol. The van der Waals surface area contributed by atoms with Crippen molar-refractivity contribution in [2.75, 3.05) is 20.3 Å². The van der Waals surface area contributed by atoms with Gasteiger partial charge in [0.15, 0.2) is 0 Å². The number of aliphatic imine (C=N–C) groups is 2. The van der Waals surface area contributed by atoms with E-state index in [-0.39, 0.29) is 17.6 Å². The van der Waals surface area contributed by atoms with Crippen LogP contribution < -0.4 is 0 Å². The van der Waals surface area contributed by atoms with E-state index in [0.717, 1.165) is 19.4 Å². The Bertz CT molecular complexity index is 377. The van der Waals surface area contributed by atoms with E-state index in [2.05, 4.69) is 16.6 Å². The number of rotatable bonds is 4. The fourth-order valence-corrected chi connectivity index (χ4v) is 1.59. The first-order valence-corrected chi connectivity index (χ1v) is 6.49. The lowest BCUT2D eigenvalue weighted by Gasteiger charge is -2.21. The average Bonchev–Trinajstić information content (AvgIpc) is 2.85. The normalized spacial score (nSPS) is 21.6. The highest BCUT2D eigenvalue weighted by Crippen LogP contribution is 2.22. The lowest BCUT2D eigenvalue weighted by molar-refractivity contribution is 0.0632. The zero-order valence-corrected chi connectivity index (χ0v) is 12.2. The molecule has 108 valence electrons. The van der Waals surface area contributed by atoms with Gasteiger partial charge in [-0.05, 0) is 33.6 Å². The second-order valence-electron chi connectivity index (χ2n) is 5.08. The maximum Gasteiger partial charge on any atom is 0.221 e. The molecule has 1 rings (SSSR count). The third-order valence-corrected chi connectivity index (χ3v) is 2.99. The van der Waals surface area contributed by atoms with Crippen molar-refractivity contribution in [2.24, 2.45) is 9.98 Å². The molecule has 0 aromatic carbocycles. The monoisotopic (exact) mass is 270 g/mol. The van der Waals surface area contributed by atoms with Crippen molar-refractivity contribution in [1.82, 2.24) is 0 Å². The average molecular weight is 270 g/mol. The van der Waals surface area contributed by atoms with Gasteiger partial charge in [0.25, 0.3) is 0 Å². The van der Waals surface area contributed by atoms with Crippen molar-refractivity contribution in [1.29, 1.82) is 0 Å². The maximum absolute atomic E-state index is 14.0. The standard InChI is InChI=1S/C14H23FN2O2/c1-10(14(3,4)15)13(17-11(2)16-5)19-9-12-7-6-8-18-12/h12H,1,6-9H2,2-5H3. The van der Waals surface area contributed by atoms with Crippen molar-refractivity contribution in [3.63, 3.8) is 0 Å². The summed E-state index contributed by atoms with van der Waals surface area (Å²) in [5, 5.41) is 0. The second-order valence-corrected chi connectivity index (χ2v) is 5.08. The van der Waals surface area contributed by atoms with Crippen molar-refractivity contribution < 1.29 is 13.9 Å². The van der Waals surface area contributed by atoms with Crippen molar-refractivity contribution in [2.45, 2.75) is 45.4 Å². The minimum absolute atomic E-state index is 0.0552. The van der Waals surface area contributed by atoms with Gasteiger partial charge < -0.3 is 9.47 Å². The third-order valence-electron chi connectivity index (χ3n) is 2.99. The van der Waals surface area contributed by atoms with Crippen LogP contribution in [0.3, 0.4) is 0 Å². The first kappa shape index (κ1) is 15.8. The predicted octanol–water partition coefficient (Wildman–Crippen LogP) is 2.93. The van der Waals surface area contributed by atoms with E-state index in [1.807, 2.05) is 0 Å². The maximum atomic E-state index is 14.0. The van der Waals surface area contributed by atoms with Gasteiger partial charge in [0.1, 0.15) is 18.1 Å². The number of alkyl halides is 1. The van der Waals surface area contributed by atoms with Gasteiger partial charge in [0.05, 0.1) is 6.10 Å². The summed E-state index contributed by atoms with van der Waals surface area (Å²) in [5.41, 5.74) is -1.36. The molecule has 0 aliphatic carbocycles. The molecule has 0 saturated carbocycles. The molecule has 0 bridgehead atoms. The topological polar surface area (TPSA) is 43.2 Å². The minimum Gasteiger partial charge on any atom is -0.475 e. The van der Waals surface area contributed by atoms with Crippen molar-refractivity contribution in [3.8, 4) is 0 Å². The molecule has 5 heteroatoms. The smallest absolute Gasteiger partial charge is 0.221 e. The number of ether oxygens (including phenoxy) is 2. The number of hydrogen-bond donors (Lipinski definition) is 0. The van der Waals surface area contributed by atoms with Gasteiger partial charge in [-0.3, -0.25) is 4.99 Å². The molecule has 1 aliphatic rings. The largest absolute Gasteiger partial charge is 0.475 e. The summed E-state index contributed by atoms with van der Waals surface area (Å²) in [6.07, 6.45) is 2.05. The van der Waals surface area contributed by atoms with Gasteiger partial charge in [0.2, 0.25) is 5.90 Å². The fraction of sp³-hybridized carbons (Fsp3) is 0.714. The van der Waals surface area contributed by atoms with E-state index in [0.29, 0.717) is 12.4 Å². The highest BCUT2D eigenvalue weighted by Gasteiger charge is 2.27. The van der Waals surface area contributed by atoms with Crippen molar-refractivity contribution in [3.05, 3.63) is 12.2 Å². The van der Waals surface area contributed by atoms with Crippen LogP contribution in [0.4, 0.5) is 4.39 Å². The van der Waals surface area contributed by atoms with E-state index < -0.39 is 5.67 Å². The van der Waals surface area contributed by atoms with Crippen LogP contribution in [-0.2, 0) is 9.47 Å². The molecular weight excluding hydrogens is 247 g/mol. The van der Waals surface area contributed by atoms with Crippen LogP contribution in [0, 0.1) is 0 Å². The Morgan fingerprint density at radius 2 is 2.21 bits per heavy atom. The molecule has 0 aromatic heterocycles. The molecule has 1 unspecified atom stereocenters. The zero-order chi connectivity index (χ0) is 14.5. The van der Waals surface area contributed by atoms with Crippen LogP contribution >= 0.6 is 0 Å². The van der Waals surface area contributed by atoms with Gasteiger partial charge in [-0.15, -0.1) is 0 Å². The molecule has 0 radical (unpaired) electrons. The van der Waals surface area contributed by atoms with E-state index >= 15 is 0 Å². The number of amidine groups is 1. The lowest BCUT2D eigenvalue weighted by Crippen LogP contribution is -2.27. The van der Waals surface area contributed by atoms with Crippen LogP contribution in [0.2, 0.25) is 0 Å². The summed E-state index contributed by atoms with van der Waals surface area (Å²) < 4.78 is 25.0. The number of halogens is 1. The summed E-state index contributed by atoms with van der Waals surface area (Å²) >= 11 is 0. The van der Waals surface area contributed by atoms with E-state index in [1.54, 1.807) is 14.0 Å². The first-order chi connectivity index (χ1) is 8.84. The van der Waals surface area contributed by atoms with Crippen molar-refractivity contribution >= 4 is 11.7 Å². The van der Waals surface area contributed by atoms with Crippen LogP contribution in [0.25, 0.3) is 0 Å². The summed E-state index contributed by atoms with van der Waals surface area (Å²) in [6.45, 7) is 9.44. The second kappa shape index (κ2) is 6.80. The molecular formula is C14H23FN2O2. The van der Waals surface area contributed by atoms with Crippen LogP contribution in [0.1, 0.15) is 33.6 Å². The molecule has 0 aromatic rings. The first-order valence-electron chi connectivity index (χ1n) is 6.49. The highest BCUT2D eigenvalue weighted by molar-refractivity contribution is 6.02. The Labute approximate surface area is 114 Å².